The summed E-state index contributed by atoms with van der Waals surface area (Å²) in [6.07, 6.45) is 4.65. The fourth-order valence-electron chi connectivity index (χ4n) is 3.75. The molecule has 0 bridgehead atoms. The number of ether oxygens (including phenoxy) is 2. The van der Waals surface area contributed by atoms with E-state index in [1.165, 1.54) is 40.6 Å². The van der Waals surface area contributed by atoms with E-state index in [1.54, 1.807) is 14.2 Å². The van der Waals surface area contributed by atoms with Gasteiger partial charge in [-0.15, -0.1) is 0 Å². The third kappa shape index (κ3) is 4.11. The highest BCUT2D eigenvalue weighted by Gasteiger charge is 2.16. The Morgan fingerprint density at radius 1 is 0.852 bits per heavy atom. The molecule has 2 N–H and O–H groups in total. The fraction of sp³-hybridized carbons (Fsp3) is 0.391. The molecule has 0 atom stereocenters. The summed E-state index contributed by atoms with van der Waals surface area (Å²) in [5.74, 6) is 1.77. The minimum Gasteiger partial charge on any atom is -0.497 e. The number of hydrogen-bond donors (Lipinski definition) is 1. The second-order valence-electron chi connectivity index (χ2n) is 6.94. The predicted octanol–water partition coefficient (Wildman–Crippen LogP) is 5.15. The number of nitrogens with zero attached hydrogens (tertiary/aromatic N) is 1. The lowest BCUT2D eigenvalue weighted by Crippen LogP contribution is -2.02. The van der Waals surface area contributed by atoms with Gasteiger partial charge < -0.3 is 19.8 Å². The van der Waals surface area contributed by atoms with E-state index >= 15 is 0 Å². The number of fused-ring (bicyclic) bond motifs is 1. The van der Waals surface area contributed by atoms with E-state index in [1.807, 2.05) is 18.2 Å². The fourth-order valence-corrected chi connectivity index (χ4v) is 3.75. The van der Waals surface area contributed by atoms with E-state index in [-0.39, 0.29) is 0 Å². The van der Waals surface area contributed by atoms with Crippen LogP contribution < -0.4 is 15.2 Å². The monoisotopic (exact) mass is 366 g/mol. The van der Waals surface area contributed by atoms with Crippen LogP contribution in [0.3, 0.4) is 0 Å². The number of aryl methyl sites for hydroxylation is 2. The van der Waals surface area contributed by atoms with Crippen molar-refractivity contribution < 1.29 is 9.47 Å². The van der Waals surface area contributed by atoms with Crippen LogP contribution in [0.15, 0.2) is 42.5 Å². The van der Waals surface area contributed by atoms with Crippen molar-refractivity contribution in [1.29, 1.82) is 0 Å². The van der Waals surface area contributed by atoms with Crippen molar-refractivity contribution in [1.82, 2.24) is 4.57 Å². The zero-order valence-corrected chi connectivity index (χ0v) is 16.6. The summed E-state index contributed by atoms with van der Waals surface area (Å²) in [6, 6.07) is 14.7. The van der Waals surface area contributed by atoms with Gasteiger partial charge in [0, 0.05) is 17.4 Å². The Morgan fingerprint density at radius 3 is 2.19 bits per heavy atom. The van der Waals surface area contributed by atoms with E-state index in [4.69, 9.17) is 15.2 Å². The largest absolute Gasteiger partial charge is 0.497 e. The van der Waals surface area contributed by atoms with Gasteiger partial charge in [-0.1, -0.05) is 12.8 Å². The molecule has 0 unspecified atom stereocenters. The highest BCUT2D eigenvalue weighted by atomic mass is 16.5. The van der Waals surface area contributed by atoms with Crippen molar-refractivity contribution in [3.05, 3.63) is 48.0 Å². The van der Waals surface area contributed by atoms with Crippen LogP contribution in [0.2, 0.25) is 0 Å². The molecule has 1 aromatic heterocycles. The van der Waals surface area contributed by atoms with E-state index in [0.717, 1.165) is 37.4 Å². The number of unbranched alkanes of at least 4 members (excludes halogenated alkanes) is 3. The van der Waals surface area contributed by atoms with Crippen molar-refractivity contribution in [3.8, 4) is 22.8 Å². The van der Waals surface area contributed by atoms with Gasteiger partial charge in [0.1, 0.15) is 11.5 Å². The summed E-state index contributed by atoms with van der Waals surface area (Å²) in [5.41, 5.74) is 10.7. The first-order valence-electron chi connectivity index (χ1n) is 9.71. The molecule has 1 heterocycles. The molecule has 3 rings (SSSR count). The van der Waals surface area contributed by atoms with E-state index < -0.39 is 0 Å². The van der Waals surface area contributed by atoms with Gasteiger partial charge in [0.25, 0.3) is 0 Å². The van der Waals surface area contributed by atoms with E-state index in [9.17, 15) is 0 Å². The molecule has 0 saturated heterocycles. The summed E-state index contributed by atoms with van der Waals surface area (Å²) < 4.78 is 13.2. The maximum absolute atomic E-state index is 5.62. The Hall–Kier alpha value is -2.46. The molecule has 0 saturated carbocycles. The summed E-state index contributed by atoms with van der Waals surface area (Å²) in [7, 11) is 3.42. The first-order chi connectivity index (χ1) is 13.2. The molecule has 2 aromatic carbocycles. The van der Waals surface area contributed by atoms with Crippen molar-refractivity contribution in [2.24, 2.45) is 5.73 Å². The van der Waals surface area contributed by atoms with Crippen molar-refractivity contribution in [2.75, 3.05) is 20.8 Å². The molecule has 0 aliphatic heterocycles. The molecule has 27 heavy (non-hydrogen) atoms. The van der Waals surface area contributed by atoms with Crippen LogP contribution in [-0.4, -0.2) is 25.3 Å². The minimum absolute atomic E-state index is 0.780. The van der Waals surface area contributed by atoms with Crippen molar-refractivity contribution in [3.63, 3.8) is 0 Å². The van der Waals surface area contributed by atoms with Gasteiger partial charge in [0.15, 0.2) is 0 Å². The third-order valence-electron chi connectivity index (χ3n) is 5.22. The standard InChI is InChI=1S/C23H30N2O2/c1-17-21-16-20(27-3)12-13-22(21)25(15-7-5-4-6-14-24)23(17)18-8-10-19(26-2)11-9-18/h8-13,16H,4-7,14-15,24H2,1-3H3. The molecule has 144 valence electrons. The summed E-state index contributed by atoms with van der Waals surface area (Å²) in [5, 5.41) is 1.25. The molecule has 0 aliphatic rings. The minimum atomic E-state index is 0.780. The zero-order chi connectivity index (χ0) is 19.2. The van der Waals surface area contributed by atoms with Crippen LogP contribution in [0.1, 0.15) is 31.2 Å². The predicted molar refractivity (Wildman–Crippen MR) is 113 cm³/mol. The van der Waals surface area contributed by atoms with Crippen LogP contribution >= 0.6 is 0 Å². The number of benzene rings is 2. The molecule has 0 spiro atoms. The highest BCUT2D eigenvalue weighted by molar-refractivity contribution is 5.92. The molecule has 3 aromatic rings. The van der Waals surface area contributed by atoms with Gasteiger partial charge in [-0.3, -0.25) is 0 Å². The lowest BCUT2D eigenvalue weighted by Gasteiger charge is -2.13. The number of aromatic nitrogens is 1. The lowest BCUT2D eigenvalue weighted by atomic mass is 10.1. The molecular weight excluding hydrogens is 336 g/mol. The van der Waals surface area contributed by atoms with Gasteiger partial charge >= 0.3 is 0 Å². The average molecular weight is 367 g/mol. The van der Waals surface area contributed by atoms with Gasteiger partial charge in [-0.25, -0.2) is 0 Å². The van der Waals surface area contributed by atoms with Gasteiger partial charge in [0.2, 0.25) is 0 Å². The topological polar surface area (TPSA) is 49.4 Å². The van der Waals surface area contributed by atoms with Crippen LogP contribution in [0.5, 0.6) is 11.5 Å². The van der Waals surface area contributed by atoms with E-state index in [2.05, 4.69) is 35.8 Å². The molecule has 0 fully saturated rings. The van der Waals surface area contributed by atoms with Crippen molar-refractivity contribution >= 4 is 10.9 Å². The lowest BCUT2D eigenvalue weighted by molar-refractivity contribution is 0.415. The molecule has 0 radical (unpaired) electrons. The number of rotatable bonds is 9. The second-order valence-corrected chi connectivity index (χ2v) is 6.94. The summed E-state index contributed by atoms with van der Waals surface area (Å²) >= 11 is 0. The Kier molecular flexibility index (Phi) is 6.40. The molecular formula is C23H30N2O2. The maximum Gasteiger partial charge on any atom is 0.119 e. The molecule has 0 aliphatic carbocycles. The van der Waals surface area contributed by atoms with Gasteiger partial charge in [-0.2, -0.15) is 0 Å². The van der Waals surface area contributed by atoms with Crippen LogP contribution in [0.4, 0.5) is 0 Å². The Bertz CT molecular complexity index is 882. The maximum atomic E-state index is 5.62. The Morgan fingerprint density at radius 2 is 1.52 bits per heavy atom. The highest BCUT2D eigenvalue weighted by Crippen LogP contribution is 2.36. The first-order valence-corrected chi connectivity index (χ1v) is 9.71. The third-order valence-corrected chi connectivity index (χ3v) is 5.22. The molecule has 4 nitrogen and oxygen atoms in total. The Balaban J connectivity index is 2.02. The first kappa shape index (κ1) is 19.3. The van der Waals surface area contributed by atoms with Gasteiger partial charge in [-0.05, 0) is 79.9 Å². The number of methoxy groups -OCH3 is 2. The van der Waals surface area contributed by atoms with Crippen LogP contribution in [0.25, 0.3) is 22.2 Å². The average Bonchev–Trinajstić information content (AvgIpc) is 2.99. The van der Waals surface area contributed by atoms with E-state index in [0.29, 0.717) is 0 Å². The van der Waals surface area contributed by atoms with Crippen LogP contribution in [-0.2, 0) is 6.54 Å². The summed E-state index contributed by atoms with van der Waals surface area (Å²) in [6.45, 7) is 3.98. The summed E-state index contributed by atoms with van der Waals surface area (Å²) in [4.78, 5) is 0. The quantitative estimate of drug-likeness (QED) is 0.533. The van der Waals surface area contributed by atoms with Crippen LogP contribution in [0, 0.1) is 6.92 Å². The Labute approximate surface area is 161 Å². The smallest absolute Gasteiger partial charge is 0.119 e. The molecule has 0 amide bonds. The van der Waals surface area contributed by atoms with Crippen molar-refractivity contribution in [2.45, 2.75) is 39.2 Å². The second kappa shape index (κ2) is 8.96. The number of hydrogen-bond acceptors (Lipinski definition) is 3. The number of nitrogens with two attached hydrogens (primary N) is 1. The zero-order valence-electron chi connectivity index (χ0n) is 16.6. The molecule has 4 heteroatoms. The van der Waals surface area contributed by atoms with Gasteiger partial charge in [0.05, 0.1) is 19.9 Å². The SMILES string of the molecule is COc1ccc(-c2c(C)c3cc(OC)ccc3n2CCCCCCN)cc1. The normalized spacial score (nSPS) is 11.1.